The maximum atomic E-state index is 12.0. The predicted octanol–water partition coefficient (Wildman–Crippen LogP) is 2.16. The minimum atomic E-state index is -0.437. The Kier molecular flexibility index (Phi) is 5.16. The van der Waals surface area contributed by atoms with Crippen LogP contribution in [0.5, 0.6) is 0 Å². The molecule has 17 heavy (non-hydrogen) atoms. The van der Waals surface area contributed by atoms with Crippen LogP contribution in [-0.4, -0.2) is 22.9 Å². The first-order chi connectivity index (χ1) is 8.06. The molecule has 2 N–H and O–H groups in total. The van der Waals surface area contributed by atoms with Gasteiger partial charge in [-0.1, -0.05) is 37.3 Å². The average Bonchev–Trinajstić information content (AvgIpc) is 2.35. The number of carbonyl (C=O) groups excluding carboxylic acids is 1. The SMILES string of the molecule is CCC(C)N(Cc1ccccc1)C(=O)[C@@H](C)N. The molecule has 0 saturated heterocycles. The lowest BCUT2D eigenvalue weighted by molar-refractivity contribution is -0.135. The van der Waals surface area contributed by atoms with Gasteiger partial charge in [0.05, 0.1) is 6.04 Å². The standard InChI is InChI=1S/C14H22N2O/c1-4-11(2)16(14(17)12(3)15)10-13-8-6-5-7-9-13/h5-9,11-12H,4,10,15H2,1-3H3/t11?,12-/m1/s1. The normalized spacial score (nSPS) is 14.1. The summed E-state index contributed by atoms with van der Waals surface area (Å²) in [7, 11) is 0. The maximum absolute atomic E-state index is 12.0. The fourth-order valence-corrected chi connectivity index (χ4v) is 1.71. The molecule has 0 aromatic heterocycles. The van der Waals surface area contributed by atoms with E-state index >= 15 is 0 Å². The summed E-state index contributed by atoms with van der Waals surface area (Å²) in [6, 6.07) is 9.79. The molecule has 0 aliphatic heterocycles. The quantitative estimate of drug-likeness (QED) is 0.848. The third kappa shape index (κ3) is 3.86. The minimum absolute atomic E-state index is 0.0169. The number of carbonyl (C=O) groups is 1. The number of nitrogens with two attached hydrogens (primary N) is 1. The van der Waals surface area contributed by atoms with Crippen molar-refractivity contribution in [3.63, 3.8) is 0 Å². The second-order valence-corrected chi connectivity index (χ2v) is 4.50. The molecular formula is C14H22N2O. The molecule has 0 spiro atoms. The van der Waals surface area contributed by atoms with E-state index in [1.54, 1.807) is 6.92 Å². The number of hydrogen-bond donors (Lipinski definition) is 1. The Morgan fingerprint density at radius 2 is 1.88 bits per heavy atom. The van der Waals surface area contributed by atoms with E-state index in [9.17, 15) is 4.79 Å². The molecule has 2 atom stereocenters. The first-order valence-electron chi connectivity index (χ1n) is 6.16. The molecule has 1 amide bonds. The Morgan fingerprint density at radius 1 is 1.29 bits per heavy atom. The Balaban J connectivity index is 2.81. The van der Waals surface area contributed by atoms with Gasteiger partial charge >= 0.3 is 0 Å². The van der Waals surface area contributed by atoms with Crippen LogP contribution in [0.3, 0.4) is 0 Å². The number of rotatable bonds is 5. The summed E-state index contributed by atoms with van der Waals surface area (Å²) in [4.78, 5) is 13.9. The number of benzene rings is 1. The highest BCUT2D eigenvalue weighted by molar-refractivity contribution is 5.81. The molecule has 1 unspecified atom stereocenters. The molecule has 0 fully saturated rings. The van der Waals surface area contributed by atoms with Crippen molar-refractivity contribution >= 4 is 5.91 Å². The molecule has 94 valence electrons. The van der Waals surface area contributed by atoms with Gasteiger partial charge in [-0.3, -0.25) is 4.79 Å². The van der Waals surface area contributed by atoms with Crippen LogP contribution >= 0.6 is 0 Å². The van der Waals surface area contributed by atoms with E-state index in [0.29, 0.717) is 6.54 Å². The second kappa shape index (κ2) is 6.40. The van der Waals surface area contributed by atoms with Gasteiger partial charge in [-0.2, -0.15) is 0 Å². The van der Waals surface area contributed by atoms with Gasteiger partial charge in [-0.15, -0.1) is 0 Å². The molecule has 0 saturated carbocycles. The van der Waals surface area contributed by atoms with Gasteiger partial charge in [0.25, 0.3) is 0 Å². The van der Waals surface area contributed by atoms with Crippen LogP contribution in [-0.2, 0) is 11.3 Å². The fourth-order valence-electron chi connectivity index (χ4n) is 1.71. The van der Waals surface area contributed by atoms with Gasteiger partial charge in [0, 0.05) is 12.6 Å². The predicted molar refractivity (Wildman–Crippen MR) is 70.4 cm³/mol. The number of amides is 1. The summed E-state index contributed by atoms with van der Waals surface area (Å²) >= 11 is 0. The Labute approximate surface area is 104 Å². The van der Waals surface area contributed by atoms with Gasteiger partial charge in [-0.25, -0.2) is 0 Å². The van der Waals surface area contributed by atoms with Crippen molar-refractivity contribution in [2.24, 2.45) is 5.73 Å². The first-order valence-corrected chi connectivity index (χ1v) is 6.16. The van der Waals surface area contributed by atoms with Crippen LogP contribution in [0.1, 0.15) is 32.8 Å². The Bertz CT molecular complexity index is 348. The van der Waals surface area contributed by atoms with Crippen molar-refractivity contribution in [3.8, 4) is 0 Å². The summed E-state index contributed by atoms with van der Waals surface area (Å²) in [6.07, 6.45) is 0.936. The van der Waals surface area contributed by atoms with Crippen molar-refractivity contribution in [2.75, 3.05) is 0 Å². The Hall–Kier alpha value is -1.35. The fraction of sp³-hybridized carbons (Fsp3) is 0.500. The highest BCUT2D eigenvalue weighted by atomic mass is 16.2. The molecule has 1 rings (SSSR count). The van der Waals surface area contributed by atoms with Crippen molar-refractivity contribution in [1.82, 2.24) is 4.90 Å². The van der Waals surface area contributed by atoms with E-state index in [2.05, 4.69) is 13.8 Å². The molecule has 0 heterocycles. The first kappa shape index (κ1) is 13.7. The summed E-state index contributed by atoms with van der Waals surface area (Å²) in [5.41, 5.74) is 6.83. The van der Waals surface area contributed by atoms with E-state index in [1.165, 1.54) is 0 Å². The van der Waals surface area contributed by atoms with Gasteiger partial charge < -0.3 is 10.6 Å². The monoisotopic (exact) mass is 234 g/mol. The molecule has 0 bridgehead atoms. The van der Waals surface area contributed by atoms with Crippen LogP contribution in [0, 0.1) is 0 Å². The Morgan fingerprint density at radius 3 is 2.35 bits per heavy atom. The van der Waals surface area contributed by atoms with Gasteiger partial charge in [0.2, 0.25) is 5.91 Å². The molecule has 0 aliphatic carbocycles. The zero-order valence-corrected chi connectivity index (χ0v) is 10.9. The molecule has 0 aliphatic rings. The second-order valence-electron chi connectivity index (χ2n) is 4.50. The highest BCUT2D eigenvalue weighted by Gasteiger charge is 2.21. The molecule has 1 aromatic carbocycles. The van der Waals surface area contributed by atoms with Crippen molar-refractivity contribution < 1.29 is 4.79 Å². The zero-order chi connectivity index (χ0) is 12.8. The van der Waals surface area contributed by atoms with E-state index in [-0.39, 0.29) is 11.9 Å². The molecule has 1 aromatic rings. The average molecular weight is 234 g/mol. The van der Waals surface area contributed by atoms with Gasteiger partial charge in [0.1, 0.15) is 0 Å². The minimum Gasteiger partial charge on any atom is -0.334 e. The lowest BCUT2D eigenvalue weighted by Gasteiger charge is -2.30. The molecule has 3 nitrogen and oxygen atoms in total. The van der Waals surface area contributed by atoms with E-state index in [0.717, 1.165) is 12.0 Å². The van der Waals surface area contributed by atoms with Crippen LogP contribution in [0.4, 0.5) is 0 Å². The zero-order valence-electron chi connectivity index (χ0n) is 10.9. The smallest absolute Gasteiger partial charge is 0.239 e. The van der Waals surface area contributed by atoms with Gasteiger partial charge in [0.15, 0.2) is 0 Å². The number of nitrogens with zero attached hydrogens (tertiary/aromatic N) is 1. The third-order valence-corrected chi connectivity index (χ3v) is 2.99. The summed E-state index contributed by atoms with van der Waals surface area (Å²) in [6.45, 7) is 6.51. The lowest BCUT2D eigenvalue weighted by atomic mass is 10.1. The van der Waals surface area contributed by atoms with Crippen LogP contribution in [0.25, 0.3) is 0 Å². The van der Waals surface area contributed by atoms with E-state index in [1.807, 2.05) is 35.2 Å². The number of hydrogen-bond acceptors (Lipinski definition) is 2. The van der Waals surface area contributed by atoms with Crippen molar-refractivity contribution in [3.05, 3.63) is 35.9 Å². The lowest BCUT2D eigenvalue weighted by Crippen LogP contribution is -2.45. The molecule has 3 heteroatoms. The van der Waals surface area contributed by atoms with Gasteiger partial charge in [-0.05, 0) is 25.8 Å². The molecule has 0 radical (unpaired) electrons. The van der Waals surface area contributed by atoms with Crippen molar-refractivity contribution in [1.29, 1.82) is 0 Å². The summed E-state index contributed by atoms with van der Waals surface area (Å²) in [5, 5.41) is 0. The topological polar surface area (TPSA) is 46.3 Å². The summed E-state index contributed by atoms with van der Waals surface area (Å²) in [5.74, 6) is 0.0169. The largest absolute Gasteiger partial charge is 0.334 e. The van der Waals surface area contributed by atoms with E-state index < -0.39 is 6.04 Å². The maximum Gasteiger partial charge on any atom is 0.239 e. The van der Waals surface area contributed by atoms with Crippen LogP contribution < -0.4 is 5.73 Å². The van der Waals surface area contributed by atoms with Crippen LogP contribution in [0.2, 0.25) is 0 Å². The van der Waals surface area contributed by atoms with Crippen molar-refractivity contribution in [2.45, 2.75) is 45.8 Å². The third-order valence-electron chi connectivity index (χ3n) is 2.99. The molecular weight excluding hydrogens is 212 g/mol. The summed E-state index contributed by atoms with van der Waals surface area (Å²) < 4.78 is 0. The van der Waals surface area contributed by atoms with E-state index in [4.69, 9.17) is 5.73 Å². The highest BCUT2D eigenvalue weighted by Crippen LogP contribution is 2.11. The van der Waals surface area contributed by atoms with Crippen LogP contribution in [0.15, 0.2) is 30.3 Å².